The molecule has 1 aliphatic rings. The van der Waals surface area contributed by atoms with Crippen molar-refractivity contribution >= 4 is 65.6 Å². The second-order valence-electron chi connectivity index (χ2n) is 8.56. The van der Waals surface area contributed by atoms with E-state index in [1.807, 2.05) is 55.5 Å². The first kappa shape index (κ1) is 24.4. The Morgan fingerprint density at radius 3 is 2.46 bits per heavy atom. The van der Waals surface area contributed by atoms with Crippen molar-refractivity contribution in [1.29, 1.82) is 0 Å². The third-order valence-corrected chi connectivity index (χ3v) is 10.9. The molecule has 0 radical (unpaired) electrons. The largest absolute Gasteiger partial charge is 0.283 e. The Morgan fingerprint density at radius 1 is 1.06 bits per heavy atom. The van der Waals surface area contributed by atoms with Gasteiger partial charge in [-0.3, -0.25) is 9.69 Å². The molecule has 6 nitrogen and oxygen atoms in total. The Hall–Kier alpha value is -2.30. The molecule has 1 amide bonds. The molecular formula is C25H24ClN3O3S3. The van der Waals surface area contributed by atoms with E-state index in [0.717, 1.165) is 32.7 Å². The average molecular weight is 546 g/mol. The number of nitrogens with zero attached hydrogens (tertiary/aromatic N) is 3. The van der Waals surface area contributed by atoms with Crippen LogP contribution in [0.1, 0.15) is 24.0 Å². The van der Waals surface area contributed by atoms with Crippen molar-refractivity contribution in [1.82, 2.24) is 9.29 Å². The highest BCUT2D eigenvalue weighted by Gasteiger charge is 2.35. The minimum absolute atomic E-state index is 0.0122. The van der Waals surface area contributed by atoms with Gasteiger partial charge in [0, 0.05) is 19.0 Å². The fourth-order valence-corrected chi connectivity index (χ4v) is 8.48. The molecule has 1 saturated heterocycles. The van der Waals surface area contributed by atoms with E-state index in [0.29, 0.717) is 41.9 Å². The van der Waals surface area contributed by atoms with E-state index in [-0.39, 0.29) is 16.0 Å². The van der Waals surface area contributed by atoms with Crippen LogP contribution in [-0.4, -0.2) is 36.7 Å². The molecule has 0 unspecified atom stereocenters. The number of fused-ring (bicyclic) bond motifs is 1. The van der Waals surface area contributed by atoms with Crippen molar-refractivity contribution in [3.63, 3.8) is 0 Å². The molecule has 10 heteroatoms. The zero-order valence-electron chi connectivity index (χ0n) is 19.1. The highest BCUT2D eigenvalue weighted by Crippen LogP contribution is 2.35. The lowest BCUT2D eigenvalue weighted by Crippen LogP contribution is -2.44. The first-order valence-electron chi connectivity index (χ1n) is 11.3. The second kappa shape index (κ2) is 9.99. The Kier molecular flexibility index (Phi) is 6.96. The number of amides is 1. The summed E-state index contributed by atoms with van der Waals surface area (Å²) < 4.78 is 29.1. The number of thiophene rings is 1. The minimum Gasteiger partial charge on any atom is -0.283 e. The van der Waals surface area contributed by atoms with E-state index in [1.54, 1.807) is 11.0 Å². The quantitative estimate of drug-likeness (QED) is 0.300. The van der Waals surface area contributed by atoms with Gasteiger partial charge in [-0.25, -0.2) is 13.4 Å². The maximum atomic E-state index is 13.8. The van der Waals surface area contributed by atoms with Gasteiger partial charge in [0.15, 0.2) is 5.13 Å². The highest BCUT2D eigenvalue weighted by atomic mass is 35.5. The predicted molar refractivity (Wildman–Crippen MR) is 143 cm³/mol. The molecule has 1 aliphatic heterocycles. The summed E-state index contributed by atoms with van der Waals surface area (Å²) in [5.41, 5.74) is 3.00. The Balaban J connectivity index is 1.38. The van der Waals surface area contributed by atoms with E-state index in [1.165, 1.54) is 21.7 Å². The molecular weight excluding hydrogens is 522 g/mol. The van der Waals surface area contributed by atoms with Crippen LogP contribution >= 0.6 is 34.3 Å². The monoisotopic (exact) mass is 545 g/mol. The Bertz CT molecular complexity index is 1460. The molecule has 0 N–H and O–H groups in total. The van der Waals surface area contributed by atoms with Crippen LogP contribution in [0, 0.1) is 12.8 Å². The molecule has 182 valence electrons. The molecule has 3 heterocycles. The number of carbonyl (C=O) groups is 1. The van der Waals surface area contributed by atoms with Gasteiger partial charge in [-0.1, -0.05) is 65.4 Å². The number of rotatable bonds is 6. The number of carbonyl (C=O) groups excluding carboxylic acids is 1. The molecule has 0 saturated carbocycles. The molecule has 2 aromatic heterocycles. The minimum atomic E-state index is -3.60. The molecule has 4 aromatic rings. The summed E-state index contributed by atoms with van der Waals surface area (Å²) in [4.78, 5) is 20.4. The summed E-state index contributed by atoms with van der Waals surface area (Å²) >= 11 is 8.52. The lowest BCUT2D eigenvalue weighted by Gasteiger charge is -2.32. The topological polar surface area (TPSA) is 70.6 Å². The normalized spacial score (nSPS) is 15.5. The molecule has 0 bridgehead atoms. The molecule has 0 aliphatic carbocycles. The maximum Gasteiger partial charge on any atom is 0.252 e. The van der Waals surface area contributed by atoms with E-state index in [2.05, 4.69) is 0 Å². The summed E-state index contributed by atoms with van der Waals surface area (Å²) in [6, 6.07) is 19.0. The van der Waals surface area contributed by atoms with Crippen LogP contribution in [0.5, 0.6) is 0 Å². The van der Waals surface area contributed by atoms with Crippen molar-refractivity contribution in [3.8, 4) is 0 Å². The van der Waals surface area contributed by atoms with Crippen molar-refractivity contribution in [3.05, 3.63) is 76.1 Å². The molecule has 35 heavy (non-hydrogen) atoms. The molecule has 0 atom stereocenters. The van der Waals surface area contributed by atoms with Crippen LogP contribution in [0.4, 0.5) is 5.13 Å². The van der Waals surface area contributed by atoms with E-state index < -0.39 is 10.0 Å². The number of thiazole rings is 1. The lowest BCUT2D eigenvalue weighted by atomic mass is 9.96. The maximum absolute atomic E-state index is 13.8. The van der Waals surface area contributed by atoms with Crippen LogP contribution < -0.4 is 4.90 Å². The van der Waals surface area contributed by atoms with Gasteiger partial charge in [-0.15, -0.1) is 11.3 Å². The van der Waals surface area contributed by atoms with Crippen LogP contribution in [0.25, 0.3) is 10.2 Å². The number of halogens is 1. The summed E-state index contributed by atoms with van der Waals surface area (Å²) in [5.74, 6) is -0.285. The van der Waals surface area contributed by atoms with Gasteiger partial charge in [0.1, 0.15) is 4.21 Å². The number of para-hydroxylation sites is 1. The Labute approximate surface area is 217 Å². The number of piperidine rings is 1. The number of sulfonamides is 1. The van der Waals surface area contributed by atoms with Gasteiger partial charge in [0.25, 0.3) is 10.0 Å². The van der Waals surface area contributed by atoms with Crippen molar-refractivity contribution < 1.29 is 13.2 Å². The van der Waals surface area contributed by atoms with E-state index in [9.17, 15) is 13.2 Å². The summed E-state index contributed by atoms with van der Waals surface area (Å²) in [7, 11) is -3.60. The zero-order valence-corrected chi connectivity index (χ0v) is 22.3. The SMILES string of the molecule is Cc1cccc2sc(N(Cc3ccccc3)C(=O)C3CCN(S(=O)(=O)c4ccc(Cl)s4)CC3)nc12. The molecule has 1 fully saturated rings. The van der Waals surface area contributed by atoms with Gasteiger partial charge in [0.05, 0.1) is 21.1 Å². The van der Waals surface area contributed by atoms with Gasteiger partial charge < -0.3 is 0 Å². The molecule has 5 rings (SSSR count). The van der Waals surface area contributed by atoms with Gasteiger partial charge in [-0.05, 0) is 49.1 Å². The van der Waals surface area contributed by atoms with Gasteiger partial charge in [-0.2, -0.15) is 4.31 Å². The smallest absolute Gasteiger partial charge is 0.252 e. The number of aromatic nitrogens is 1. The number of aryl methyl sites for hydroxylation is 1. The van der Waals surface area contributed by atoms with Crippen LogP contribution in [0.3, 0.4) is 0 Å². The van der Waals surface area contributed by atoms with Crippen LogP contribution in [0.15, 0.2) is 64.9 Å². The fraction of sp³-hybridized carbons (Fsp3) is 0.280. The summed E-state index contributed by atoms with van der Waals surface area (Å²) in [5, 5.41) is 0.673. The molecule has 0 spiro atoms. The highest BCUT2D eigenvalue weighted by molar-refractivity contribution is 7.91. The summed E-state index contributed by atoms with van der Waals surface area (Å²) in [6.45, 7) is 3.04. The van der Waals surface area contributed by atoms with Gasteiger partial charge in [0.2, 0.25) is 5.91 Å². The van der Waals surface area contributed by atoms with E-state index >= 15 is 0 Å². The first-order valence-corrected chi connectivity index (χ1v) is 14.7. The number of hydrogen-bond donors (Lipinski definition) is 0. The van der Waals surface area contributed by atoms with Crippen molar-refractivity contribution in [2.45, 2.75) is 30.5 Å². The van der Waals surface area contributed by atoms with Crippen molar-refractivity contribution in [2.75, 3.05) is 18.0 Å². The average Bonchev–Trinajstić information content (AvgIpc) is 3.50. The van der Waals surface area contributed by atoms with Crippen LogP contribution in [0.2, 0.25) is 4.34 Å². The number of benzene rings is 2. The third-order valence-electron chi connectivity index (χ3n) is 6.24. The number of anilines is 1. The molecule has 2 aromatic carbocycles. The standard InChI is InChI=1S/C25H24ClN3O3S3/c1-17-6-5-9-20-23(17)27-25(33-20)29(16-18-7-3-2-4-8-18)24(30)19-12-14-28(15-13-19)35(31,32)22-11-10-21(26)34-22/h2-11,19H,12-16H2,1H3. The lowest BCUT2D eigenvalue weighted by molar-refractivity contribution is -0.123. The summed E-state index contributed by atoms with van der Waals surface area (Å²) in [6.07, 6.45) is 0.929. The van der Waals surface area contributed by atoms with Crippen LogP contribution in [-0.2, 0) is 21.4 Å². The van der Waals surface area contributed by atoms with Gasteiger partial charge >= 0.3 is 0 Å². The first-order chi connectivity index (χ1) is 16.8. The fourth-order valence-electron chi connectivity index (χ4n) is 4.32. The zero-order chi connectivity index (χ0) is 24.6. The predicted octanol–water partition coefficient (Wildman–Crippen LogP) is 5.95. The van der Waals surface area contributed by atoms with Crippen molar-refractivity contribution in [2.24, 2.45) is 5.92 Å². The van der Waals surface area contributed by atoms with E-state index in [4.69, 9.17) is 16.6 Å². The second-order valence-corrected chi connectivity index (χ2v) is 13.5. The number of hydrogen-bond acceptors (Lipinski definition) is 6. The Morgan fingerprint density at radius 2 is 1.80 bits per heavy atom. The third kappa shape index (κ3) is 5.01.